The fourth-order valence-corrected chi connectivity index (χ4v) is 3.56. The molecule has 7 heteroatoms. The lowest BCUT2D eigenvalue weighted by molar-refractivity contribution is -0.127. The maximum Gasteiger partial charge on any atom is 0.294 e. The van der Waals surface area contributed by atoms with Crippen molar-refractivity contribution in [1.29, 1.82) is 0 Å². The SMILES string of the molecule is Cc1cc(C=C2SC(=O)N(CC(=O)Nc3ccccc3)C2=O)cc(C)c1O. The molecule has 0 aromatic heterocycles. The van der Waals surface area contributed by atoms with Gasteiger partial charge in [0.2, 0.25) is 5.91 Å². The Hall–Kier alpha value is -3.06. The molecule has 1 aliphatic rings. The van der Waals surface area contributed by atoms with Crippen LogP contribution in [0.25, 0.3) is 6.08 Å². The van der Waals surface area contributed by atoms with Crippen molar-refractivity contribution in [3.05, 3.63) is 64.1 Å². The summed E-state index contributed by atoms with van der Waals surface area (Å²) in [5, 5.41) is 12.0. The van der Waals surface area contributed by atoms with Gasteiger partial charge in [-0.25, -0.2) is 0 Å². The summed E-state index contributed by atoms with van der Waals surface area (Å²) in [5.41, 5.74) is 2.67. The smallest absolute Gasteiger partial charge is 0.294 e. The molecule has 0 aliphatic carbocycles. The molecule has 1 heterocycles. The van der Waals surface area contributed by atoms with Gasteiger partial charge >= 0.3 is 0 Å². The number of benzene rings is 2. The summed E-state index contributed by atoms with van der Waals surface area (Å²) in [5.74, 6) is -0.740. The minimum atomic E-state index is -0.503. The van der Waals surface area contributed by atoms with E-state index in [4.69, 9.17) is 0 Å². The molecule has 0 unspecified atom stereocenters. The van der Waals surface area contributed by atoms with Gasteiger partial charge in [0.05, 0.1) is 4.91 Å². The first-order valence-electron chi connectivity index (χ1n) is 8.25. The number of carbonyl (C=O) groups excluding carboxylic acids is 3. The minimum absolute atomic E-state index is 0.206. The second-order valence-electron chi connectivity index (χ2n) is 6.19. The summed E-state index contributed by atoms with van der Waals surface area (Å²) < 4.78 is 0. The number of hydrogen-bond donors (Lipinski definition) is 2. The van der Waals surface area contributed by atoms with Crippen LogP contribution in [0.3, 0.4) is 0 Å². The Morgan fingerprint density at radius 1 is 1.15 bits per heavy atom. The molecule has 1 saturated heterocycles. The molecule has 138 valence electrons. The van der Waals surface area contributed by atoms with E-state index in [-0.39, 0.29) is 17.2 Å². The summed E-state index contributed by atoms with van der Waals surface area (Å²) in [6, 6.07) is 12.3. The van der Waals surface area contributed by atoms with E-state index in [1.165, 1.54) is 0 Å². The van der Waals surface area contributed by atoms with Gasteiger partial charge < -0.3 is 10.4 Å². The van der Waals surface area contributed by atoms with Crippen LogP contribution >= 0.6 is 11.8 Å². The number of nitrogens with one attached hydrogen (secondary N) is 1. The third-order valence-electron chi connectivity index (χ3n) is 4.04. The molecule has 3 rings (SSSR count). The van der Waals surface area contributed by atoms with Gasteiger partial charge in [-0.15, -0.1) is 0 Å². The number of rotatable bonds is 4. The molecule has 0 radical (unpaired) electrons. The summed E-state index contributed by atoms with van der Waals surface area (Å²) >= 11 is 0.797. The third-order valence-corrected chi connectivity index (χ3v) is 4.95. The van der Waals surface area contributed by atoms with Gasteiger partial charge in [-0.05, 0) is 72.6 Å². The van der Waals surface area contributed by atoms with E-state index in [9.17, 15) is 19.5 Å². The van der Waals surface area contributed by atoms with Crippen LogP contribution in [0.15, 0.2) is 47.4 Å². The first-order chi connectivity index (χ1) is 12.8. The largest absolute Gasteiger partial charge is 0.507 e. The topological polar surface area (TPSA) is 86.7 Å². The summed E-state index contributed by atoms with van der Waals surface area (Å²) in [6.45, 7) is 3.18. The molecular weight excluding hydrogens is 364 g/mol. The van der Waals surface area contributed by atoms with Crippen LogP contribution < -0.4 is 5.32 Å². The number of imide groups is 1. The standard InChI is InChI=1S/C20H18N2O4S/c1-12-8-14(9-13(2)18(12)24)10-16-19(25)22(20(26)27-16)11-17(23)21-15-6-4-3-5-7-15/h3-10,24H,11H2,1-2H3,(H,21,23). The summed E-state index contributed by atoms with van der Waals surface area (Å²) in [6.07, 6.45) is 1.60. The van der Waals surface area contributed by atoms with Crippen LogP contribution in [0.5, 0.6) is 5.75 Å². The normalized spacial score (nSPS) is 15.5. The Kier molecular flexibility index (Phi) is 5.32. The monoisotopic (exact) mass is 382 g/mol. The van der Waals surface area contributed by atoms with Crippen molar-refractivity contribution in [3.63, 3.8) is 0 Å². The molecule has 0 bridgehead atoms. The summed E-state index contributed by atoms with van der Waals surface area (Å²) in [4.78, 5) is 38.0. The summed E-state index contributed by atoms with van der Waals surface area (Å²) in [7, 11) is 0. The van der Waals surface area contributed by atoms with Gasteiger partial charge in [0.25, 0.3) is 11.1 Å². The average molecular weight is 382 g/mol. The van der Waals surface area contributed by atoms with Crippen LogP contribution in [0, 0.1) is 13.8 Å². The first-order valence-corrected chi connectivity index (χ1v) is 9.07. The zero-order valence-corrected chi connectivity index (χ0v) is 15.7. The lowest BCUT2D eigenvalue weighted by atomic mass is 10.1. The Morgan fingerprint density at radius 3 is 2.41 bits per heavy atom. The van der Waals surface area contributed by atoms with Crippen LogP contribution in [0.1, 0.15) is 16.7 Å². The first kappa shape index (κ1) is 18.7. The van der Waals surface area contributed by atoms with Crippen LogP contribution in [0.4, 0.5) is 10.5 Å². The van der Waals surface area contributed by atoms with Crippen molar-refractivity contribution in [2.45, 2.75) is 13.8 Å². The van der Waals surface area contributed by atoms with Gasteiger partial charge in [-0.1, -0.05) is 18.2 Å². The molecule has 1 fully saturated rings. The van der Waals surface area contributed by atoms with Crippen molar-refractivity contribution in [2.75, 3.05) is 11.9 Å². The fraction of sp³-hybridized carbons (Fsp3) is 0.150. The van der Waals surface area contributed by atoms with Crippen LogP contribution in [-0.2, 0) is 9.59 Å². The second kappa shape index (κ2) is 7.67. The lowest BCUT2D eigenvalue weighted by Crippen LogP contribution is -2.36. The van der Waals surface area contributed by atoms with E-state index >= 15 is 0 Å². The number of aromatic hydroxyl groups is 1. The number of anilines is 1. The number of phenolic OH excluding ortho intramolecular Hbond substituents is 1. The molecule has 0 atom stereocenters. The van der Waals surface area contributed by atoms with Gasteiger partial charge in [0, 0.05) is 5.69 Å². The van der Waals surface area contributed by atoms with Crippen molar-refractivity contribution >= 4 is 40.6 Å². The number of para-hydroxylation sites is 1. The predicted molar refractivity (Wildman–Crippen MR) is 105 cm³/mol. The van der Waals surface area contributed by atoms with Gasteiger partial charge in [-0.2, -0.15) is 0 Å². The van der Waals surface area contributed by atoms with Gasteiger partial charge in [0.15, 0.2) is 0 Å². The molecule has 0 spiro atoms. The van der Waals surface area contributed by atoms with E-state index in [0.717, 1.165) is 16.7 Å². The zero-order chi connectivity index (χ0) is 19.6. The molecule has 2 aromatic carbocycles. The third kappa shape index (κ3) is 4.20. The van der Waals surface area contributed by atoms with E-state index < -0.39 is 17.1 Å². The number of nitrogens with zero attached hydrogens (tertiary/aromatic N) is 1. The van der Waals surface area contributed by atoms with E-state index in [1.807, 2.05) is 6.07 Å². The van der Waals surface area contributed by atoms with Crippen molar-refractivity contribution in [3.8, 4) is 5.75 Å². The maximum atomic E-state index is 12.5. The number of phenols is 1. The second-order valence-corrected chi connectivity index (χ2v) is 7.18. The predicted octanol–water partition coefficient (Wildman–Crippen LogP) is 3.68. The molecular formula is C20H18N2O4S. The number of hydrogen-bond acceptors (Lipinski definition) is 5. The van der Waals surface area contributed by atoms with Crippen molar-refractivity contribution < 1.29 is 19.5 Å². The van der Waals surface area contributed by atoms with Gasteiger partial charge in [0.1, 0.15) is 12.3 Å². The highest BCUT2D eigenvalue weighted by Gasteiger charge is 2.36. The molecule has 1 aliphatic heterocycles. The van der Waals surface area contributed by atoms with Crippen molar-refractivity contribution in [1.82, 2.24) is 4.90 Å². The fourth-order valence-electron chi connectivity index (χ4n) is 2.73. The molecule has 27 heavy (non-hydrogen) atoms. The Labute approximate surface area is 160 Å². The van der Waals surface area contributed by atoms with Gasteiger partial charge in [-0.3, -0.25) is 19.3 Å². The Morgan fingerprint density at radius 2 is 1.78 bits per heavy atom. The highest BCUT2D eigenvalue weighted by atomic mass is 32.2. The molecule has 2 N–H and O–H groups in total. The number of thioether (sulfide) groups is 1. The Balaban J connectivity index is 1.74. The molecule has 2 aromatic rings. The molecule has 0 saturated carbocycles. The number of aryl methyl sites for hydroxylation is 2. The van der Waals surface area contributed by atoms with E-state index in [2.05, 4.69) is 5.32 Å². The number of amides is 3. The highest BCUT2D eigenvalue weighted by Crippen LogP contribution is 2.33. The molecule has 6 nitrogen and oxygen atoms in total. The maximum absolute atomic E-state index is 12.5. The van der Waals surface area contributed by atoms with E-state index in [0.29, 0.717) is 22.4 Å². The Bertz CT molecular complexity index is 931. The minimum Gasteiger partial charge on any atom is -0.507 e. The average Bonchev–Trinajstić information content (AvgIpc) is 2.88. The molecule has 3 amide bonds. The lowest BCUT2D eigenvalue weighted by Gasteiger charge is -2.12. The zero-order valence-electron chi connectivity index (χ0n) is 14.9. The van der Waals surface area contributed by atoms with Crippen LogP contribution in [0.2, 0.25) is 0 Å². The van der Waals surface area contributed by atoms with Crippen molar-refractivity contribution in [2.24, 2.45) is 0 Å². The number of carbonyl (C=O) groups is 3. The van der Waals surface area contributed by atoms with Crippen LogP contribution in [-0.4, -0.2) is 33.6 Å². The van der Waals surface area contributed by atoms with E-state index in [1.54, 1.807) is 56.3 Å². The quantitative estimate of drug-likeness (QED) is 0.788. The highest BCUT2D eigenvalue weighted by molar-refractivity contribution is 8.18.